The third-order valence-electron chi connectivity index (χ3n) is 6.52. The second-order valence-corrected chi connectivity index (χ2v) is 8.39. The fourth-order valence-corrected chi connectivity index (χ4v) is 5.05. The predicted molar refractivity (Wildman–Crippen MR) is 110 cm³/mol. The lowest BCUT2D eigenvalue weighted by Gasteiger charge is -2.32. The summed E-state index contributed by atoms with van der Waals surface area (Å²) in [6.45, 7) is 0.451. The van der Waals surface area contributed by atoms with Crippen LogP contribution in [0.25, 0.3) is 0 Å². The molecule has 0 bridgehead atoms. The minimum atomic E-state index is -1.03. The molecule has 0 spiro atoms. The quantitative estimate of drug-likeness (QED) is 0.539. The fraction of sp³-hybridized carbons (Fsp3) is 0.652. The topological polar surface area (TPSA) is 102 Å². The molecule has 1 fully saturated rings. The Balaban J connectivity index is 1.76. The zero-order valence-electron chi connectivity index (χ0n) is 17.8. The van der Waals surface area contributed by atoms with Crippen LogP contribution in [0.2, 0.25) is 0 Å². The van der Waals surface area contributed by atoms with Crippen LogP contribution in [0, 0.1) is 17.8 Å². The lowest BCUT2D eigenvalue weighted by Crippen LogP contribution is -2.30. The van der Waals surface area contributed by atoms with E-state index in [-0.39, 0.29) is 30.5 Å². The van der Waals surface area contributed by atoms with E-state index in [4.69, 9.17) is 19.3 Å². The van der Waals surface area contributed by atoms with E-state index in [1.54, 1.807) is 6.07 Å². The largest absolute Gasteiger partial charge is 0.508 e. The number of aliphatic carboxylic acids is 1. The number of carbonyl (C=O) groups is 2. The number of carboxylic acid groups (broad SMARTS) is 1. The Hall–Kier alpha value is -2.35. The van der Waals surface area contributed by atoms with Crippen LogP contribution in [0.3, 0.4) is 0 Å². The fourth-order valence-electron chi connectivity index (χ4n) is 5.05. The number of hydrogen-bond acceptors (Lipinski definition) is 6. The molecule has 0 amide bonds. The third-order valence-corrected chi connectivity index (χ3v) is 6.52. The van der Waals surface area contributed by atoms with Gasteiger partial charge in [0, 0.05) is 0 Å². The summed E-state index contributed by atoms with van der Waals surface area (Å²) in [6, 6.07) is 5.68. The van der Waals surface area contributed by atoms with Gasteiger partial charge in [0.25, 0.3) is 0 Å². The lowest BCUT2D eigenvalue weighted by atomic mass is 9.73. The molecule has 0 unspecified atom stereocenters. The highest BCUT2D eigenvalue weighted by molar-refractivity contribution is 5.68. The summed E-state index contributed by atoms with van der Waals surface area (Å²) < 4.78 is 28.2. The Morgan fingerprint density at radius 1 is 1.29 bits per heavy atom. The SMILES string of the molecule is CC[C@H](O)CC[C@@H]1[C@H]2Cc3cccc(OCC(=O)O)c3C[C@H]2C[C@H]1OC(=O)OCCF. The molecule has 0 aliphatic heterocycles. The molecule has 2 aliphatic rings. The van der Waals surface area contributed by atoms with Crippen molar-refractivity contribution in [3.8, 4) is 5.75 Å². The van der Waals surface area contributed by atoms with Gasteiger partial charge in [0.15, 0.2) is 6.61 Å². The van der Waals surface area contributed by atoms with Crippen LogP contribution in [0.15, 0.2) is 18.2 Å². The summed E-state index contributed by atoms with van der Waals surface area (Å²) in [6.07, 6.45) is 2.53. The molecule has 0 saturated heterocycles. The van der Waals surface area contributed by atoms with Gasteiger partial charge >= 0.3 is 12.1 Å². The first-order valence-corrected chi connectivity index (χ1v) is 11.0. The van der Waals surface area contributed by atoms with Crippen LogP contribution in [0.1, 0.15) is 43.7 Å². The van der Waals surface area contributed by atoms with Crippen LogP contribution in [0.4, 0.5) is 9.18 Å². The molecule has 0 radical (unpaired) electrons. The van der Waals surface area contributed by atoms with Crippen molar-refractivity contribution in [1.29, 1.82) is 0 Å². The van der Waals surface area contributed by atoms with Gasteiger partial charge in [0.1, 0.15) is 25.1 Å². The smallest absolute Gasteiger partial charge is 0.482 e. The molecule has 1 aromatic rings. The van der Waals surface area contributed by atoms with Gasteiger partial charge in [-0.25, -0.2) is 14.0 Å². The van der Waals surface area contributed by atoms with E-state index in [0.29, 0.717) is 31.4 Å². The zero-order valence-corrected chi connectivity index (χ0v) is 17.8. The number of hydrogen-bond donors (Lipinski definition) is 2. The molecule has 5 atom stereocenters. The highest BCUT2D eigenvalue weighted by Crippen LogP contribution is 2.49. The van der Waals surface area contributed by atoms with Crippen LogP contribution in [-0.4, -0.2) is 54.4 Å². The van der Waals surface area contributed by atoms with Gasteiger partial charge in [-0.1, -0.05) is 19.1 Å². The van der Waals surface area contributed by atoms with E-state index >= 15 is 0 Å². The van der Waals surface area contributed by atoms with E-state index in [0.717, 1.165) is 24.0 Å². The van der Waals surface area contributed by atoms with Crippen molar-refractivity contribution in [2.24, 2.45) is 17.8 Å². The summed E-state index contributed by atoms with van der Waals surface area (Å²) >= 11 is 0. The molecule has 8 heteroatoms. The molecular formula is C23H31FO7. The maximum absolute atomic E-state index is 12.3. The average molecular weight is 438 g/mol. The molecular weight excluding hydrogens is 407 g/mol. The van der Waals surface area contributed by atoms with E-state index in [9.17, 15) is 19.1 Å². The van der Waals surface area contributed by atoms with E-state index in [1.807, 2.05) is 19.1 Å². The maximum atomic E-state index is 12.3. The van der Waals surface area contributed by atoms with Gasteiger partial charge in [-0.3, -0.25) is 0 Å². The first kappa shape index (κ1) is 23.3. The first-order valence-electron chi connectivity index (χ1n) is 11.0. The Morgan fingerprint density at radius 2 is 2.10 bits per heavy atom. The van der Waals surface area contributed by atoms with Crippen molar-refractivity contribution in [3.05, 3.63) is 29.3 Å². The number of carbonyl (C=O) groups excluding carboxylic acids is 1. The predicted octanol–water partition coefficient (Wildman–Crippen LogP) is 3.54. The summed E-state index contributed by atoms with van der Waals surface area (Å²) in [4.78, 5) is 22.9. The van der Waals surface area contributed by atoms with E-state index < -0.39 is 31.5 Å². The molecule has 3 rings (SSSR count). The number of ether oxygens (including phenoxy) is 3. The standard InChI is InChI=1S/C23H31FO7/c1-2-16(25)6-7-17-18-10-14-4-3-5-20(30-13-22(26)27)19(14)11-15(18)12-21(17)31-23(28)29-9-8-24/h3-5,15-18,21,25H,2,6-13H2,1H3,(H,26,27)/t15-,16-,17+,18-,21+/m0/s1. The Morgan fingerprint density at radius 3 is 2.81 bits per heavy atom. The number of aliphatic hydroxyl groups is 1. The molecule has 2 N–H and O–H groups in total. The number of halogens is 1. The van der Waals surface area contributed by atoms with Crippen molar-refractivity contribution < 1.29 is 38.4 Å². The molecule has 2 aliphatic carbocycles. The van der Waals surface area contributed by atoms with Gasteiger partial charge in [-0.2, -0.15) is 0 Å². The van der Waals surface area contributed by atoms with Crippen molar-refractivity contribution in [2.45, 2.75) is 57.7 Å². The van der Waals surface area contributed by atoms with Gasteiger partial charge in [0.05, 0.1) is 6.10 Å². The molecule has 0 heterocycles. The summed E-state index contributed by atoms with van der Waals surface area (Å²) in [5, 5.41) is 19.0. The Labute approximate surface area is 181 Å². The first-order chi connectivity index (χ1) is 14.9. The van der Waals surface area contributed by atoms with Gasteiger partial charge < -0.3 is 24.4 Å². The van der Waals surface area contributed by atoms with Crippen molar-refractivity contribution >= 4 is 12.1 Å². The molecule has 31 heavy (non-hydrogen) atoms. The highest BCUT2D eigenvalue weighted by atomic mass is 19.1. The number of benzene rings is 1. The number of alkyl halides is 1. The maximum Gasteiger partial charge on any atom is 0.508 e. The lowest BCUT2D eigenvalue weighted by molar-refractivity contribution is -0.139. The van der Waals surface area contributed by atoms with Crippen molar-refractivity contribution in [1.82, 2.24) is 0 Å². The second kappa shape index (κ2) is 10.8. The van der Waals surface area contributed by atoms with Crippen molar-refractivity contribution in [2.75, 3.05) is 19.9 Å². The van der Waals surface area contributed by atoms with E-state index in [2.05, 4.69) is 0 Å². The number of fused-ring (bicyclic) bond motifs is 2. The average Bonchev–Trinajstić information content (AvgIpc) is 3.08. The van der Waals surface area contributed by atoms with Gasteiger partial charge in [-0.15, -0.1) is 0 Å². The number of rotatable bonds is 10. The zero-order chi connectivity index (χ0) is 22.4. The third kappa shape index (κ3) is 5.87. The van der Waals surface area contributed by atoms with Crippen LogP contribution in [0.5, 0.6) is 5.75 Å². The van der Waals surface area contributed by atoms with Gasteiger partial charge in [0.2, 0.25) is 0 Å². The van der Waals surface area contributed by atoms with Crippen molar-refractivity contribution in [3.63, 3.8) is 0 Å². The summed E-state index contributed by atoms with van der Waals surface area (Å²) in [5.74, 6) is 0.140. The molecule has 7 nitrogen and oxygen atoms in total. The molecule has 1 aromatic carbocycles. The molecule has 1 saturated carbocycles. The Kier molecular flexibility index (Phi) is 8.12. The normalized spacial score (nSPS) is 25.3. The summed E-state index contributed by atoms with van der Waals surface area (Å²) in [5.41, 5.74) is 2.13. The van der Waals surface area contributed by atoms with Crippen LogP contribution in [-0.2, 0) is 27.1 Å². The van der Waals surface area contributed by atoms with E-state index in [1.165, 1.54) is 0 Å². The number of carboxylic acids is 1. The highest BCUT2D eigenvalue weighted by Gasteiger charge is 2.47. The minimum Gasteiger partial charge on any atom is -0.482 e. The minimum absolute atomic E-state index is 0.0703. The summed E-state index contributed by atoms with van der Waals surface area (Å²) in [7, 11) is 0. The molecule has 0 aromatic heterocycles. The monoisotopic (exact) mass is 438 g/mol. The second-order valence-electron chi connectivity index (χ2n) is 8.39. The van der Waals surface area contributed by atoms with Gasteiger partial charge in [-0.05, 0) is 73.5 Å². The Bertz CT molecular complexity index is 768. The van der Waals surface area contributed by atoms with Crippen LogP contribution >= 0.6 is 0 Å². The molecule has 172 valence electrons. The number of aliphatic hydroxyl groups excluding tert-OH is 1. The van der Waals surface area contributed by atoms with Crippen LogP contribution < -0.4 is 4.74 Å².